The zero-order valence-electron chi connectivity index (χ0n) is 9.55. The van der Waals surface area contributed by atoms with Crippen LogP contribution in [0.25, 0.3) is 22.4 Å². The van der Waals surface area contributed by atoms with E-state index in [-0.39, 0.29) is 5.82 Å². The molecule has 0 amide bonds. The van der Waals surface area contributed by atoms with Gasteiger partial charge >= 0.3 is 0 Å². The number of nitrogen functional groups attached to an aromatic ring is 1. The second-order valence-electron chi connectivity index (χ2n) is 4.08. The molecule has 3 aromatic rings. The predicted octanol–water partition coefficient (Wildman–Crippen LogP) is 4.37. The smallest absolute Gasteiger partial charge is 0.139 e. The van der Waals surface area contributed by atoms with Gasteiger partial charge in [0.25, 0.3) is 0 Å². The van der Waals surface area contributed by atoms with Crippen LogP contribution in [0.5, 0.6) is 0 Å². The summed E-state index contributed by atoms with van der Waals surface area (Å²) in [6, 6.07) is 8.13. The maximum Gasteiger partial charge on any atom is 0.139 e. The lowest BCUT2D eigenvalue weighted by Gasteiger charge is -2.00. The van der Waals surface area contributed by atoms with E-state index < -0.39 is 0 Å². The summed E-state index contributed by atoms with van der Waals surface area (Å²) in [5, 5.41) is 0.526. The predicted molar refractivity (Wildman–Crippen MR) is 78.6 cm³/mol. The molecule has 0 aliphatic carbocycles. The summed E-state index contributed by atoms with van der Waals surface area (Å²) in [5.41, 5.74) is 8.32. The molecule has 6 heteroatoms. The van der Waals surface area contributed by atoms with E-state index in [0.717, 1.165) is 5.52 Å². The number of aromatic amines is 1. The second-order valence-corrected chi connectivity index (χ2v) is 5.31. The van der Waals surface area contributed by atoms with Gasteiger partial charge in [0.1, 0.15) is 17.2 Å². The lowest BCUT2D eigenvalue weighted by molar-refractivity contribution is 0.621. The maximum absolute atomic E-state index is 13.5. The molecule has 3 N–H and O–H groups in total. The van der Waals surface area contributed by atoms with Gasteiger partial charge in [-0.3, -0.25) is 0 Å². The summed E-state index contributed by atoms with van der Waals surface area (Å²) in [5.74, 6) is 0.194. The number of imidazole rings is 1. The van der Waals surface area contributed by atoms with Crippen LogP contribution in [0, 0.1) is 5.82 Å². The highest BCUT2D eigenvalue weighted by Crippen LogP contribution is 2.32. The van der Waals surface area contributed by atoms with Crippen LogP contribution in [0.3, 0.4) is 0 Å². The average Bonchev–Trinajstić information content (AvgIpc) is 2.76. The molecule has 0 saturated heterocycles. The molecule has 1 heterocycles. The molecule has 0 saturated carbocycles. The Bertz CT molecular complexity index is 785. The third-order valence-electron chi connectivity index (χ3n) is 2.79. The molecule has 3 nitrogen and oxygen atoms in total. The lowest BCUT2D eigenvalue weighted by atomic mass is 10.2. The fraction of sp³-hybridized carbons (Fsp3) is 0. The van der Waals surface area contributed by atoms with Crippen LogP contribution in [0.2, 0.25) is 5.02 Å². The molecule has 0 spiro atoms. The number of nitrogens with two attached hydrogens (primary N) is 1. The number of rotatable bonds is 1. The highest BCUT2D eigenvalue weighted by Gasteiger charge is 2.13. The third kappa shape index (κ3) is 2.09. The summed E-state index contributed by atoms with van der Waals surface area (Å²) in [6.45, 7) is 0. The molecule has 0 unspecified atom stereocenters. The highest BCUT2D eigenvalue weighted by atomic mass is 79.9. The van der Waals surface area contributed by atoms with Crippen LogP contribution < -0.4 is 5.73 Å². The van der Waals surface area contributed by atoms with E-state index in [9.17, 15) is 4.39 Å². The van der Waals surface area contributed by atoms with Gasteiger partial charge in [0.05, 0.1) is 15.7 Å². The first-order valence-corrected chi connectivity index (χ1v) is 6.62. The van der Waals surface area contributed by atoms with Crippen LogP contribution in [-0.2, 0) is 0 Å². The number of benzene rings is 2. The van der Waals surface area contributed by atoms with E-state index >= 15 is 0 Å². The fourth-order valence-electron chi connectivity index (χ4n) is 1.92. The second kappa shape index (κ2) is 4.51. The minimum absolute atomic E-state index is 0.344. The van der Waals surface area contributed by atoms with E-state index in [4.69, 9.17) is 17.3 Å². The maximum atomic E-state index is 13.5. The van der Waals surface area contributed by atoms with Crippen molar-refractivity contribution in [3.05, 3.63) is 45.6 Å². The van der Waals surface area contributed by atoms with Gasteiger partial charge in [-0.15, -0.1) is 0 Å². The van der Waals surface area contributed by atoms with Crippen molar-refractivity contribution < 1.29 is 4.39 Å². The number of fused-ring (bicyclic) bond motifs is 1. The molecule has 2 aromatic carbocycles. The number of nitrogens with zero attached hydrogens (tertiary/aromatic N) is 1. The number of anilines is 1. The van der Waals surface area contributed by atoms with E-state index in [1.165, 1.54) is 6.07 Å². The van der Waals surface area contributed by atoms with Gasteiger partial charge < -0.3 is 10.7 Å². The van der Waals surface area contributed by atoms with E-state index in [0.29, 0.717) is 32.1 Å². The monoisotopic (exact) mass is 339 g/mol. The standard InChI is InChI=1S/C13H8BrClFN3/c14-11-7(2-1-3-8(11)16)13-18-10-5-6(15)4-9(17)12(10)19-13/h1-5H,17H2,(H,18,19). The Morgan fingerprint density at radius 2 is 2.11 bits per heavy atom. The van der Waals surface area contributed by atoms with Gasteiger partial charge in [-0.05, 0) is 40.2 Å². The summed E-state index contributed by atoms with van der Waals surface area (Å²) >= 11 is 9.15. The van der Waals surface area contributed by atoms with Crippen molar-refractivity contribution in [2.24, 2.45) is 0 Å². The van der Waals surface area contributed by atoms with Gasteiger partial charge in [-0.2, -0.15) is 0 Å². The number of hydrogen-bond donors (Lipinski definition) is 2. The number of nitrogens with one attached hydrogen (secondary N) is 1. The normalized spacial score (nSPS) is 11.1. The van der Waals surface area contributed by atoms with Gasteiger partial charge in [-0.25, -0.2) is 9.37 Å². The summed E-state index contributed by atoms with van der Waals surface area (Å²) < 4.78 is 13.9. The van der Waals surface area contributed by atoms with E-state index in [1.54, 1.807) is 24.3 Å². The van der Waals surface area contributed by atoms with Gasteiger partial charge in [-0.1, -0.05) is 17.7 Å². The Balaban J connectivity index is 2.26. The fourth-order valence-corrected chi connectivity index (χ4v) is 2.60. The number of aromatic nitrogens is 2. The van der Waals surface area contributed by atoms with Crippen LogP contribution in [0.4, 0.5) is 10.1 Å². The molecule has 0 aliphatic heterocycles. The van der Waals surface area contributed by atoms with E-state index in [1.807, 2.05) is 0 Å². The van der Waals surface area contributed by atoms with Crippen molar-refractivity contribution in [3.8, 4) is 11.4 Å². The van der Waals surface area contributed by atoms with Gasteiger partial charge in [0.15, 0.2) is 0 Å². The molecule has 0 bridgehead atoms. The van der Waals surface area contributed by atoms with Crippen LogP contribution >= 0.6 is 27.5 Å². The topological polar surface area (TPSA) is 54.7 Å². The van der Waals surface area contributed by atoms with Crippen molar-refractivity contribution in [1.82, 2.24) is 9.97 Å². The zero-order chi connectivity index (χ0) is 13.6. The van der Waals surface area contributed by atoms with Gasteiger partial charge in [0.2, 0.25) is 0 Å². The minimum atomic E-state index is -0.344. The first-order chi connectivity index (χ1) is 9.06. The Hall–Kier alpha value is -1.59. The molecule has 0 radical (unpaired) electrons. The van der Waals surface area contributed by atoms with E-state index in [2.05, 4.69) is 25.9 Å². The van der Waals surface area contributed by atoms with Crippen LogP contribution in [0.1, 0.15) is 0 Å². The van der Waals surface area contributed by atoms with Gasteiger partial charge in [0, 0.05) is 10.6 Å². The molecule has 96 valence electrons. The molecule has 0 aliphatic rings. The van der Waals surface area contributed by atoms with Crippen molar-refractivity contribution >= 4 is 44.3 Å². The largest absolute Gasteiger partial charge is 0.397 e. The number of H-pyrrole nitrogens is 1. The van der Waals surface area contributed by atoms with Crippen molar-refractivity contribution in [1.29, 1.82) is 0 Å². The minimum Gasteiger partial charge on any atom is -0.397 e. The molecule has 1 aromatic heterocycles. The Morgan fingerprint density at radius 3 is 2.89 bits per heavy atom. The Morgan fingerprint density at radius 1 is 1.32 bits per heavy atom. The molecule has 0 fully saturated rings. The van der Waals surface area contributed by atoms with Crippen molar-refractivity contribution in [2.75, 3.05) is 5.73 Å². The highest BCUT2D eigenvalue weighted by molar-refractivity contribution is 9.10. The molecular formula is C13H8BrClFN3. The zero-order valence-corrected chi connectivity index (χ0v) is 11.9. The first-order valence-electron chi connectivity index (χ1n) is 5.45. The quantitative estimate of drug-likeness (QED) is 0.646. The third-order valence-corrected chi connectivity index (χ3v) is 3.81. The summed E-state index contributed by atoms with van der Waals surface area (Å²) in [4.78, 5) is 7.48. The molecule has 19 heavy (non-hydrogen) atoms. The van der Waals surface area contributed by atoms with Crippen LogP contribution in [-0.4, -0.2) is 9.97 Å². The summed E-state index contributed by atoms with van der Waals surface area (Å²) in [6.07, 6.45) is 0. The molecule has 3 rings (SSSR count). The SMILES string of the molecule is Nc1cc(Cl)cc2[nH]c(-c3cccc(F)c3Br)nc12. The van der Waals surface area contributed by atoms with Crippen molar-refractivity contribution in [2.45, 2.75) is 0 Å². The van der Waals surface area contributed by atoms with Crippen molar-refractivity contribution in [3.63, 3.8) is 0 Å². The lowest BCUT2D eigenvalue weighted by Crippen LogP contribution is -1.87. The van der Waals surface area contributed by atoms with Crippen LogP contribution in [0.15, 0.2) is 34.8 Å². The Labute approximate surface area is 121 Å². The number of halogens is 3. The Kier molecular flexibility index (Phi) is 2.95. The number of hydrogen-bond acceptors (Lipinski definition) is 2. The average molecular weight is 341 g/mol. The molecule has 0 atom stereocenters. The summed E-state index contributed by atoms with van der Waals surface area (Å²) in [7, 11) is 0. The molecular weight excluding hydrogens is 333 g/mol. The first kappa shape index (κ1) is 12.4.